The van der Waals surface area contributed by atoms with Crippen molar-refractivity contribution < 1.29 is 0 Å². The lowest BCUT2D eigenvalue weighted by Gasteiger charge is -2.06. The van der Waals surface area contributed by atoms with Gasteiger partial charge in [-0.15, -0.1) is 0 Å². The molecule has 0 amide bonds. The zero-order chi connectivity index (χ0) is 12.8. The number of rotatable bonds is 6. The van der Waals surface area contributed by atoms with Crippen molar-refractivity contribution in [3.05, 3.63) is 48.3 Å². The number of aromatic nitrogens is 2. The maximum absolute atomic E-state index is 5.89. The van der Waals surface area contributed by atoms with Gasteiger partial charge in [-0.25, -0.2) is 4.68 Å². The van der Waals surface area contributed by atoms with Crippen molar-refractivity contribution in [3.63, 3.8) is 0 Å². The molecule has 1 aromatic carbocycles. The summed E-state index contributed by atoms with van der Waals surface area (Å²) in [5.41, 5.74) is 8.23. The number of para-hydroxylation sites is 1. The summed E-state index contributed by atoms with van der Waals surface area (Å²) < 4.78 is 1.91. The molecule has 2 aromatic rings. The lowest BCUT2D eigenvalue weighted by Crippen LogP contribution is -2.21. The van der Waals surface area contributed by atoms with Crippen molar-refractivity contribution in [3.8, 4) is 5.69 Å². The maximum atomic E-state index is 5.89. The fourth-order valence-corrected chi connectivity index (χ4v) is 2.64. The van der Waals surface area contributed by atoms with Gasteiger partial charge in [0.2, 0.25) is 0 Å². The molecule has 0 spiro atoms. The van der Waals surface area contributed by atoms with Crippen LogP contribution in [-0.4, -0.2) is 21.6 Å². The van der Waals surface area contributed by atoms with Gasteiger partial charge in [-0.1, -0.05) is 25.1 Å². The third-order valence-electron chi connectivity index (χ3n) is 2.78. The van der Waals surface area contributed by atoms with Crippen LogP contribution in [0.5, 0.6) is 0 Å². The highest BCUT2D eigenvalue weighted by atomic mass is 32.2. The van der Waals surface area contributed by atoms with Gasteiger partial charge in [0, 0.05) is 29.3 Å². The van der Waals surface area contributed by atoms with Gasteiger partial charge in [-0.2, -0.15) is 16.9 Å². The monoisotopic (exact) mass is 261 g/mol. The Hall–Kier alpha value is -1.26. The van der Waals surface area contributed by atoms with E-state index < -0.39 is 0 Å². The van der Waals surface area contributed by atoms with E-state index in [0.29, 0.717) is 6.04 Å². The number of benzene rings is 1. The minimum absolute atomic E-state index is 0.305. The maximum Gasteiger partial charge on any atom is 0.0645 e. The Labute approximate surface area is 112 Å². The quantitative estimate of drug-likeness (QED) is 0.869. The van der Waals surface area contributed by atoms with Crippen molar-refractivity contribution in [2.75, 3.05) is 5.75 Å². The molecule has 1 unspecified atom stereocenters. The highest BCUT2D eigenvalue weighted by molar-refractivity contribution is 7.98. The molecule has 0 saturated heterocycles. The number of hydrogen-bond acceptors (Lipinski definition) is 3. The van der Waals surface area contributed by atoms with Gasteiger partial charge >= 0.3 is 0 Å². The third-order valence-corrected chi connectivity index (χ3v) is 3.98. The molecule has 0 radical (unpaired) electrons. The first-order valence-corrected chi connectivity index (χ1v) is 7.37. The Morgan fingerprint density at radius 1 is 1.33 bits per heavy atom. The normalized spacial score (nSPS) is 12.6. The van der Waals surface area contributed by atoms with Crippen LogP contribution in [0, 0.1) is 0 Å². The largest absolute Gasteiger partial charge is 0.327 e. The van der Waals surface area contributed by atoms with E-state index in [9.17, 15) is 0 Å². The van der Waals surface area contributed by atoms with Crippen molar-refractivity contribution in [2.45, 2.75) is 25.1 Å². The molecule has 0 aliphatic rings. The summed E-state index contributed by atoms with van der Waals surface area (Å²) in [6.07, 6.45) is 5.05. The molecule has 0 fully saturated rings. The first kappa shape index (κ1) is 13.2. The van der Waals surface area contributed by atoms with Crippen molar-refractivity contribution >= 4 is 11.8 Å². The van der Waals surface area contributed by atoms with Crippen LogP contribution in [0.15, 0.2) is 42.7 Å². The highest BCUT2D eigenvalue weighted by Crippen LogP contribution is 2.14. The Balaban J connectivity index is 1.91. The molecular formula is C14H19N3S. The summed E-state index contributed by atoms with van der Waals surface area (Å²) in [7, 11) is 0. The summed E-state index contributed by atoms with van der Waals surface area (Å²) in [4.78, 5) is 0. The molecule has 0 aliphatic carbocycles. The molecule has 4 heteroatoms. The SMILES string of the molecule is CCC(N)CSCc1cnn(-c2ccccc2)c1. The molecule has 1 atom stereocenters. The topological polar surface area (TPSA) is 43.8 Å². The van der Waals surface area contributed by atoms with E-state index in [1.54, 1.807) is 0 Å². The molecule has 0 aliphatic heterocycles. The minimum Gasteiger partial charge on any atom is -0.327 e. The molecule has 2 N–H and O–H groups in total. The summed E-state index contributed by atoms with van der Waals surface area (Å²) in [5.74, 6) is 1.98. The number of nitrogens with zero attached hydrogens (tertiary/aromatic N) is 2. The number of thioether (sulfide) groups is 1. The van der Waals surface area contributed by atoms with Crippen LogP contribution in [0.1, 0.15) is 18.9 Å². The smallest absolute Gasteiger partial charge is 0.0645 e. The van der Waals surface area contributed by atoms with Crippen LogP contribution < -0.4 is 5.73 Å². The third kappa shape index (κ3) is 3.62. The molecule has 0 saturated carbocycles. The molecule has 1 aromatic heterocycles. The van der Waals surface area contributed by atoms with Gasteiger partial charge < -0.3 is 5.73 Å². The Kier molecular flexibility index (Phi) is 4.84. The summed E-state index contributed by atoms with van der Waals surface area (Å²) >= 11 is 1.87. The van der Waals surface area contributed by atoms with E-state index in [0.717, 1.165) is 23.6 Å². The van der Waals surface area contributed by atoms with Crippen molar-refractivity contribution in [2.24, 2.45) is 5.73 Å². The predicted octanol–water partition coefficient (Wildman–Crippen LogP) is 2.84. The van der Waals surface area contributed by atoms with E-state index in [2.05, 4.69) is 30.4 Å². The molecule has 18 heavy (non-hydrogen) atoms. The van der Waals surface area contributed by atoms with Gasteiger partial charge in [0.15, 0.2) is 0 Å². The first-order chi connectivity index (χ1) is 8.79. The van der Waals surface area contributed by atoms with Gasteiger partial charge in [-0.3, -0.25) is 0 Å². The van der Waals surface area contributed by atoms with Crippen LogP contribution >= 0.6 is 11.8 Å². The Morgan fingerprint density at radius 3 is 2.83 bits per heavy atom. The zero-order valence-electron chi connectivity index (χ0n) is 10.6. The number of nitrogens with two attached hydrogens (primary N) is 1. The van der Waals surface area contributed by atoms with Crippen LogP contribution in [0.4, 0.5) is 0 Å². The molecule has 3 nitrogen and oxygen atoms in total. The van der Waals surface area contributed by atoms with E-state index in [1.165, 1.54) is 5.56 Å². The predicted molar refractivity (Wildman–Crippen MR) is 78.0 cm³/mol. The van der Waals surface area contributed by atoms with Crippen LogP contribution in [0.3, 0.4) is 0 Å². The summed E-state index contributed by atoms with van der Waals surface area (Å²) in [6, 6.07) is 10.5. The van der Waals surface area contributed by atoms with E-state index >= 15 is 0 Å². The van der Waals surface area contributed by atoms with E-state index in [4.69, 9.17) is 5.73 Å². The first-order valence-electron chi connectivity index (χ1n) is 6.22. The fraction of sp³-hybridized carbons (Fsp3) is 0.357. The average Bonchev–Trinajstić information content (AvgIpc) is 2.88. The molecule has 96 valence electrons. The second-order valence-corrected chi connectivity index (χ2v) is 5.34. The fourth-order valence-electron chi connectivity index (χ4n) is 1.60. The van der Waals surface area contributed by atoms with Crippen LogP contribution in [-0.2, 0) is 5.75 Å². The Morgan fingerprint density at radius 2 is 2.11 bits per heavy atom. The molecule has 2 rings (SSSR count). The summed E-state index contributed by atoms with van der Waals surface area (Å²) in [6.45, 7) is 2.12. The second-order valence-electron chi connectivity index (χ2n) is 4.31. The number of hydrogen-bond donors (Lipinski definition) is 1. The minimum atomic E-state index is 0.305. The van der Waals surface area contributed by atoms with Crippen molar-refractivity contribution in [1.29, 1.82) is 0 Å². The molecule has 0 bridgehead atoms. The lowest BCUT2D eigenvalue weighted by atomic mass is 10.3. The van der Waals surface area contributed by atoms with Gasteiger partial charge in [0.25, 0.3) is 0 Å². The summed E-state index contributed by atoms with van der Waals surface area (Å²) in [5, 5.41) is 4.38. The zero-order valence-corrected chi connectivity index (χ0v) is 11.4. The lowest BCUT2D eigenvalue weighted by molar-refractivity contribution is 0.725. The highest BCUT2D eigenvalue weighted by Gasteiger charge is 2.03. The molecule has 1 heterocycles. The van der Waals surface area contributed by atoms with Gasteiger partial charge in [0.05, 0.1) is 11.9 Å². The molecular weight excluding hydrogens is 242 g/mol. The standard InChI is InChI=1S/C14H19N3S/c1-2-13(15)11-18-10-12-8-16-17(9-12)14-6-4-3-5-7-14/h3-9,13H,2,10-11,15H2,1H3. The van der Waals surface area contributed by atoms with Crippen LogP contribution in [0.25, 0.3) is 5.69 Å². The average molecular weight is 261 g/mol. The van der Waals surface area contributed by atoms with Gasteiger partial charge in [0.1, 0.15) is 0 Å². The van der Waals surface area contributed by atoms with E-state index in [-0.39, 0.29) is 0 Å². The second kappa shape index (κ2) is 6.61. The van der Waals surface area contributed by atoms with Crippen LogP contribution in [0.2, 0.25) is 0 Å². The Bertz CT molecular complexity index is 467. The van der Waals surface area contributed by atoms with Crippen molar-refractivity contribution in [1.82, 2.24) is 9.78 Å². The van der Waals surface area contributed by atoms with E-state index in [1.807, 2.05) is 40.8 Å². The van der Waals surface area contributed by atoms with Gasteiger partial charge in [-0.05, 0) is 18.6 Å².